The SMILES string of the molecule is CN(C)C/C=C(\C#N)C(=O)Nc1cccc(Oc2ccnc(N)c2-c2ccc(Oc3ccccc3)cc2)c1. The highest BCUT2D eigenvalue weighted by Gasteiger charge is 2.14. The monoisotopic (exact) mass is 505 g/mol. The van der Waals surface area contributed by atoms with Crippen molar-refractivity contribution in [2.24, 2.45) is 0 Å². The summed E-state index contributed by atoms with van der Waals surface area (Å²) < 4.78 is 12.1. The molecule has 3 N–H and O–H groups in total. The molecule has 4 rings (SSSR count). The van der Waals surface area contributed by atoms with Crippen molar-refractivity contribution in [1.29, 1.82) is 5.26 Å². The molecule has 1 aromatic heterocycles. The Morgan fingerprint density at radius 1 is 0.974 bits per heavy atom. The number of amides is 1. The van der Waals surface area contributed by atoms with Gasteiger partial charge >= 0.3 is 0 Å². The summed E-state index contributed by atoms with van der Waals surface area (Å²) in [6, 6.07) is 27.6. The summed E-state index contributed by atoms with van der Waals surface area (Å²) in [4.78, 5) is 18.7. The molecule has 0 saturated carbocycles. The quantitative estimate of drug-likeness (QED) is 0.216. The predicted molar refractivity (Wildman–Crippen MR) is 148 cm³/mol. The van der Waals surface area contributed by atoms with Crippen molar-refractivity contribution in [3.8, 4) is 40.2 Å². The van der Waals surface area contributed by atoms with Crippen LogP contribution in [0.5, 0.6) is 23.0 Å². The third kappa shape index (κ3) is 6.75. The minimum Gasteiger partial charge on any atom is -0.457 e. The van der Waals surface area contributed by atoms with E-state index in [-0.39, 0.29) is 5.57 Å². The van der Waals surface area contributed by atoms with E-state index in [2.05, 4.69) is 10.3 Å². The number of carbonyl (C=O) groups excluding carboxylic acids is 1. The van der Waals surface area contributed by atoms with Gasteiger partial charge in [0.25, 0.3) is 5.91 Å². The van der Waals surface area contributed by atoms with Crippen molar-refractivity contribution in [2.75, 3.05) is 31.7 Å². The van der Waals surface area contributed by atoms with E-state index in [0.717, 1.165) is 11.3 Å². The number of nitriles is 1. The van der Waals surface area contributed by atoms with Crippen molar-refractivity contribution in [3.05, 3.63) is 103 Å². The lowest BCUT2D eigenvalue weighted by Crippen LogP contribution is -2.17. The molecular weight excluding hydrogens is 478 g/mol. The molecule has 38 heavy (non-hydrogen) atoms. The van der Waals surface area contributed by atoms with Crippen LogP contribution in [0.3, 0.4) is 0 Å². The average Bonchev–Trinajstić information content (AvgIpc) is 2.90. The van der Waals surface area contributed by atoms with Crippen LogP contribution in [0, 0.1) is 11.3 Å². The van der Waals surface area contributed by atoms with Gasteiger partial charge < -0.3 is 25.4 Å². The highest BCUT2D eigenvalue weighted by molar-refractivity contribution is 6.06. The van der Waals surface area contributed by atoms with Crippen molar-refractivity contribution in [2.45, 2.75) is 0 Å². The zero-order chi connectivity index (χ0) is 26.9. The maximum absolute atomic E-state index is 12.6. The fraction of sp³-hybridized carbons (Fsp3) is 0.100. The molecular formula is C30H27N5O3. The van der Waals surface area contributed by atoms with E-state index < -0.39 is 5.91 Å². The van der Waals surface area contributed by atoms with Gasteiger partial charge in [0.1, 0.15) is 40.5 Å². The topological polar surface area (TPSA) is 114 Å². The fourth-order valence-electron chi connectivity index (χ4n) is 3.57. The summed E-state index contributed by atoms with van der Waals surface area (Å²) in [7, 11) is 3.72. The molecule has 0 spiro atoms. The van der Waals surface area contributed by atoms with E-state index in [1.807, 2.05) is 79.7 Å². The summed E-state index contributed by atoms with van der Waals surface area (Å²) in [5.74, 6) is 2.24. The number of nitrogens with zero attached hydrogens (tertiary/aromatic N) is 3. The Hall–Kier alpha value is -5.13. The van der Waals surface area contributed by atoms with Gasteiger partial charge in [-0.15, -0.1) is 0 Å². The number of para-hydroxylation sites is 1. The molecule has 0 unspecified atom stereocenters. The van der Waals surface area contributed by atoms with Crippen LogP contribution in [-0.2, 0) is 4.79 Å². The summed E-state index contributed by atoms with van der Waals surface area (Å²) in [6.07, 6.45) is 3.15. The summed E-state index contributed by atoms with van der Waals surface area (Å²) in [5, 5.41) is 12.1. The first-order chi connectivity index (χ1) is 18.4. The standard InChI is InChI=1S/C30H27N5O3/c1-35(2)18-16-22(20-31)30(36)34-23-7-6-10-26(19-23)38-27-15-17-33-29(32)28(27)21-11-13-25(14-12-21)37-24-8-4-3-5-9-24/h3-17,19H,18H2,1-2H3,(H2,32,33)(H,34,36)/b22-16+. The maximum Gasteiger partial charge on any atom is 0.266 e. The van der Waals surface area contributed by atoms with E-state index >= 15 is 0 Å². The Kier molecular flexibility index (Phi) is 8.34. The number of aromatic nitrogens is 1. The van der Waals surface area contributed by atoms with Crippen molar-refractivity contribution in [1.82, 2.24) is 9.88 Å². The Morgan fingerprint density at radius 3 is 2.39 bits per heavy atom. The lowest BCUT2D eigenvalue weighted by molar-refractivity contribution is -0.112. The zero-order valence-corrected chi connectivity index (χ0v) is 21.1. The summed E-state index contributed by atoms with van der Waals surface area (Å²) >= 11 is 0. The Bertz CT molecular complexity index is 1480. The second-order valence-corrected chi connectivity index (χ2v) is 8.58. The van der Waals surface area contributed by atoms with Crippen LogP contribution in [0.25, 0.3) is 11.1 Å². The van der Waals surface area contributed by atoms with Gasteiger partial charge in [-0.1, -0.05) is 36.4 Å². The molecule has 0 fully saturated rings. The molecule has 1 amide bonds. The average molecular weight is 506 g/mol. The summed E-state index contributed by atoms with van der Waals surface area (Å²) in [5.41, 5.74) is 8.21. The molecule has 0 radical (unpaired) electrons. The van der Waals surface area contributed by atoms with Crippen LogP contribution in [0.2, 0.25) is 0 Å². The van der Waals surface area contributed by atoms with Crippen LogP contribution >= 0.6 is 0 Å². The van der Waals surface area contributed by atoms with Crippen molar-refractivity contribution in [3.63, 3.8) is 0 Å². The van der Waals surface area contributed by atoms with Crippen molar-refractivity contribution >= 4 is 17.4 Å². The van der Waals surface area contributed by atoms with Gasteiger partial charge in [-0.2, -0.15) is 5.26 Å². The Balaban J connectivity index is 1.53. The van der Waals surface area contributed by atoms with Gasteiger partial charge in [0.05, 0.1) is 5.56 Å². The van der Waals surface area contributed by atoms with Gasteiger partial charge in [0.2, 0.25) is 0 Å². The molecule has 0 aliphatic heterocycles. The minimum absolute atomic E-state index is 0.0360. The number of rotatable bonds is 9. The maximum atomic E-state index is 12.6. The molecule has 3 aromatic carbocycles. The van der Waals surface area contributed by atoms with Crippen molar-refractivity contribution < 1.29 is 14.3 Å². The van der Waals surface area contributed by atoms with E-state index in [1.54, 1.807) is 42.6 Å². The smallest absolute Gasteiger partial charge is 0.266 e. The molecule has 0 aliphatic carbocycles. The number of likely N-dealkylation sites (N-methyl/N-ethyl adjacent to an activating group) is 1. The Labute approximate surface area is 221 Å². The normalized spacial score (nSPS) is 11.1. The molecule has 1 heterocycles. The number of hydrogen-bond acceptors (Lipinski definition) is 7. The van der Waals surface area contributed by atoms with Crippen LogP contribution in [-0.4, -0.2) is 36.4 Å². The number of ether oxygens (including phenoxy) is 2. The number of anilines is 2. The van der Waals surface area contributed by atoms with Gasteiger partial charge in [0.15, 0.2) is 0 Å². The number of hydrogen-bond donors (Lipinski definition) is 2. The first-order valence-electron chi connectivity index (χ1n) is 11.8. The third-order valence-corrected chi connectivity index (χ3v) is 5.41. The molecule has 0 aliphatic rings. The van der Waals surface area contributed by atoms with E-state index in [1.165, 1.54) is 0 Å². The second-order valence-electron chi connectivity index (χ2n) is 8.58. The molecule has 8 heteroatoms. The molecule has 0 bridgehead atoms. The number of carbonyl (C=O) groups is 1. The van der Waals surface area contributed by atoms with Crippen LogP contribution < -0.4 is 20.5 Å². The lowest BCUT2D eigenvalue weighted by atomic mass is 10.1. The lowest BCUT2D eigenvalue weighted by Gasteiger charge is -2.14. The largest absolute Gasteiger partial charge is 0.457 e. The number of nitrogens with one attached hydrogen (secondary N) is 1. The van der Waals surface area contributed by atoms with Crippen LogP contribution in [0.1, 0.15) is 0 Å². The predicted octanol–water partition coefficient (Wildman–Crippen LogP) is 5.87. The van der Waals surface area contributed by atoms with Gasteiger partial charge in [-0.25, -0.2) is 4.98 Å². The van der Waals surface area contributed by atoms with E-state index in [0.29, 0.717) is 40.9 Å². The summed E-state index contributed by atoms with van der Waals surface area (Å²) in [6.45, 7) is 0.477. The van der Waals surface area contributed by atoms with Gasteiger partial charge in [-0.05, 0) is 68.2 Å². The second kappa shape index (κ2) is 12.2. The highest BCUT2D eigenvalue weighted by Crippen LogP contribution is 2.38. The zero-order valence-electron chi connectivity index (χ0n) is 21.1. The first-order valence-corrected chi connectivity index (χ1v) is 11.8. The number of nitrogen functional groups attached to an aromatic ring is 1. The van der Waals surface area contributed by atoms with Gasteiger partial charge in [0, 0.05) is 24.5 Å². The molecule has 0 saturated heterocycles. The third-order valence-electron chi connectivity index (χ3n) is 5.41. The van der Waals surface area contributed by atoms with Gasteiger partial charge in [-0.3, -0.25) is 4.79 Å². The highest BCUT2D eigenvalue weighted by atomic mass is 16.5. The molecule has 4 aromatic rings. The molecule has 190 valence electrons. The Morgan fingerprint density at radius 2 is 1.68 bits per heavy atom. The first kappa shape index (κ1) is 25.9. The van der Waals surface area contributed by atoms with E-state index in [4.69, 9.17) is 15.2 Å². The molecule has 8 nitrogen and oxygen atoms in total. The fourth-order valence-corrected chi connectivity index (χ4v) is 3.57. The van der Waals surface area contributed by atoms with Crippen LogP contribution in [0.4, 0.5) is 11.5 Å². The minimum atomic E-state index is -0.488. The number of pyridine rings is 1. The van der Waals surface area contributed by atoms with E-state index in [9.17, 15) is 10.1 Å². The molecule has 0 atom stereocenters. The number of nitrogens with two attached hydrogens (primary N) is 1. The number of benzene rings is 3. The van der Waals surface area contributed by atoms with Crippen LogP contribution in [0.15, 0.2) is 103 Å².